The number of aliphatic imine (C=N–C) groups is 2. The first-order chi connectivity index (χ1) is 12.7. The number of nitrogens with two attached hydrogens (primary N) is 2. The van der Waals surface area contributed by atoms with Crippen LogP contribution in [0.3, 0.4) is 0 Å². The highest BCUT2D eigenvalue weighted by atomic mass is 32.2. The Hall–Kier alpha value is -2.41. The molecule has 2 aliphatic rings. The molecule has 0 radical (unpaired) electrons. The maximum atomic E-state index is 6.27. The third-order valence-electron chi connectivity index (χ3n) is 4.91. The zero-order valence-corrected chi connectivity index (χ0v) is 15.4. The molecule has 1 aliphatic carbocycles. The molecule has 4 rings (SSSR count). The van der Waals surface area contributed by atoms with E-state index in [0.717, 1.165) is 42.9 Å². The van der Waals surface area contributed by atoms with Crippen LogP contribution in [0.4, 0.5) is 5.69 Å². The molecule has 136 valence electrons. The molecule has 1 aromatic heterocycles. The average Bonchev–Trinajstić information content (AvgIpc) is 3.14. The Morgan fingerprint density at radius 1 is 1.08 bits per heavy atom. The van der Waals surface area contributed by atoms with Crippen molar-refractivity contribution in [3.8, 4) is 0 Å². The van der Waals surface area contributed by atoms with Crippen molar-refractivity contribution in [2.24, 2.45) is 21.5 Å². The van der Waals surface area contributed by atoms with Crippen LogP contribution in [0.2, 0.25) is 0 Å². The molecule has 6 nitrogen and oxygen atoms in total. The second-order valence-corrected chi connectivity index (χ2v) is 7.73. The van der Waals surface area contributed by atoms with E-state index in [4.69, 9.17) is 20.9 Å². The molecule has 0 unspecified atom stereocenters. The fourth-order valence-electron chi connectivity index (χ4n) is 3.74. The van der Waals surface area contributed by atoms with Crippen molar-refractivity contribution >= 4 is 29.4 Å². The van der Waals surface area contributed by atoms with Gasteiger partial charge in [0.2, 0.25) is 11.9 Å². The minimum absolute atomic E-state index is 0.284. The van der Waals surface area contributed by atoms with Gasteiger partial charge in [-0.05, 0) is 62.1 Å². The lowest BCUT2D eigenvalue weighted by Crippen LogP contribution is -2.58. The van der Waals surface area contributed by atoms with Gasteiger partial charge in [0.25, 0.3) is 0 Å². The molecule has 1 saturated carbocycles. The van der Waals surface area contributed by atoms with Crippen LogP contribution in [0.5, 0.6) is 0 Å². The average molecular weight is 369 g/mol. The number of thioether (sulfide) groups is 1. The van der Waals surface area contributed by atoms with Gasteiger partial charge < -0.3 is 15.9 Å². The van der Waals surface area contributed by atoms with Crippen LogP contribution in [-0.2, 0) is 5.75 Å². The van der Waals surface area contributed by atoms with Gasteiger partial charge in [-0.2, -0.15) is 4.99 Å². The largest absolute Gasteiger partial charge is 0.468 e. The first-order valence-electron chi connectivity index (χ1n) is 8.91. The maximum absolute atomic E-state index is 6.27. The molecule has 4 N–H and O–H groups in total. The van der Waals surface area contributed by atoms with E-state index < -0.39 is 5.66 Å². The molecule has 0 saturated heterocycles. The molecule has 2 heterocycles. The summed E-state index contributed by atoms with van der Waals surface area (Å²) < 4.78 is 5.39. The molecule has 1 aliphatic heterocycles. The van der Waals surface area contributed by atoms with Crippen molar-refractivity contribution in [3.05, 3.63) is 48.4 Å². The van der Waals surface area contributed by atoms with Gasteiger partial charge in [-0.15, -0.1) is 11.8 Å². The summed E-state index contributed by atoms with van der Waals surface area (Å²) in [7, 11) is 0. The van der Waals surface area contributed by atoms with Crippen molar-refractivity contribution in [1.82, 2.24) is 0 Å². The fourth-order valence-corrected chi connectivity index (χ4v) is 4.54. The standard InChI is InChI=1S/C19H23N5OS/c20-17-22-18(21)24(19(23-17)10-2-1-3-11-19)14-6-8-16(9-7-14)26-13-15-5-4-12-25-15/h4-9,12H,1-3,10-11,13H2,(H4,20,21,22,23). The monoisotopic (exact) mass is 369 g/mol. The number of rotatable bonds is 4. The summed E-state index contributed by atoms with van der Waals surface area (Å²) in [5.41, 5.74) is 12.8. The first-order valence-corrected chi connectivity index (χ1v) is 9.90. The summed E-state index contributed by atoms with van der Waals surface area (Å²) in [5, 5.41) is 0. The van der Waals surface area contributed by atoms with E-state index in [0.29, 0.717) is 5.96 Å². The smallest absolute Gasteiger partial charge is 0.220 e. The fraction of sp³-hybridized carbons (Fsp3) is 0.368. The van der Waals surface area contributed by atoms with Crippen molar-refractivity contribution in [2.45, 2.75) is 48.4 Å². The van der Waals surface area contributed by atoms with Gasteiger partial charge in [-0.3, -0.25) is 4.90 Å². The summed E-state index contributed by atoms with van der Waals surface area (Å²) in [4.78, 5) is 12.2. The van der Waals surface area contributed by atoms with Gasteiger partial charge in [-0.1, -0.05) is 6.42 Å². The van der Waals surface area contributed by atoms with Crippen molar-refractivity contribution in [3.63, 3.8) is 0 Å². The highest BCUT2D eigenvalue weighted by molar-refractivity contribution is 7.98. The summed E-state index contributed by atoms with van der Waals surface area (Å²) in [6.45, 7) is 0. The van der Waals surface area contributed by atoms with Crippen LogP contribution in [0.15, 0.2) is 62.0 Å². The van der Waals surface area contributed by atoms with Gasteiger partial charge in [0.05, 0.1) is 12.0 Å². The van der Waals surface area contributed by atoms with Gasteiger partial charge in [0, 0.05) is 10.6 Å². The van der Waals surface area contributed by atoms with E-state index in [9.17, 15) is 0 Å². The lowest BCUT2D eigenvalue weighted by molar-refractivity contribution is 0.305. The Balaban J connectivity index is 1.56. The van der Waals surface area contributed by atoms with Crippen LogP contribution in [0, 0.1) is 0 Å². The Labute approximate surface area is 157 Å². The van der Waals surface area contributed by atoms with E-state index >= 15 is 0 Å². The summed E-state index contributed by atoms with van der Waals surface area (Å²) >= 11 is 1.74. The van der Waals surface area contributed by atoms with Gasteiger partial charge >= 0.3 is 0 Å². The molecule has 1 fully saturated rings. The molecule has 7 heteroatoms. The lowest BCUT2D eigenvalue weighted by atomic mass is 9.87. The summed E-state index contributed by atoms with van der Waals surface area (Å²) in [5.74, 6) is 2.49. The number of nitrogens with zero attached hydrogens (tertiary/aromatic N) is 3. The second-order valence-electron chi connectivity index (χ2n) is 6.68. The van der Waals surface area contributed by atoms with Crippen molar-refractivity contribution in [1.29, 1.82) is 0 Å². The summed E-state index contributed by atoms with van der Waals surface area (Å²) in [6.07, 6.45) is 7.06. The van der Waals surface area contributed by atoms with Crippen molar-refractivity contribution < 1.29 is 4.42 Å². The van der Waals surface area contributed by atoms with Crippen LogP contribution >= 0.6 is 11.8 Å². The molecule has 1 spiro atoms. The zero-order valence-electron chi connectivity index (χ0n) is 14.6. The molecule has 26 heavy (non-hydrogen) atoms. The van der Waals surface area contributed by atoms with Crippen LogP contribution in [-0.4, -0.2) is 17.6 Å². The highest BCUT2D eigenvalue weighted by Crippen LogP contribution is 2.39. The van der Waals surface area contributed by atoms with E-state index in [1.807, 2.05) is 12.1 Å². The minimum Gasteiger partial charge on any atom is -0.468 e. The van der Waals surface area contributed by atoms with Crippen LogP contribution in [0.25, 0.3) is 0 Å². The Morgan fingerprint density at radius 2 is 1.85 bits per heavy atom. The number of furan rings is 1. The molecule has 0 amide bonds. The molecular formula is C19H23N5OS. The number of benzene rings is 1. The third kappa shape index (κ3) is 3.31. The van der Waals surface area contributed by atoms with E-state index in [-0.39, 0.29) is 5.96 Å². The Bertz CT molecular complexity index is 807. The quantitative estimate of drug-likeness (QED) is 0.802. The number of guanidine groups is 2. The molecule has 0 bridgehead atoms. The first kappa shape index (κ1) is 17.0. The third-order valence-corrected chi connectivity index (χ3v) is 5.94. The summed E-state index contributed by atoms with van der Waals surface area (Å²) in [6, 6.07) is 12.3. The number of hydrogen-bond donors (Lipinski definition) is 2. The molecular weight excluding hydrogens is 346 g/mol. The molecule has 2 aromatic rings. The van der Waals surface area contributed by atoms with Gasteiger partial charge in [-0.25, -0.2) is 4.99 Å². The van der Waals surface area contributed by atoms with E-state index in [1.54, 1.807) is 18.0 Å². The second kappa shape index (κ2) is 7.07. The highest BCUT2D eigenvalue weighted by Gasteiger charge is 2.42. The Kier molecular flexibility index (Phi) is 4.63. The van der Waals surface area contributed by atoms with Crippen molar-refractivity contribution in [2.75, 3.05) is 4.90 Å². The number of anilines is 1. The van der Waals surface area contributed by atoms with Gasteiger partial charge in [0.15, 0.2) is 0 Å². The van der Waals surface area contributed by atoms with Crippen LogP contribution < -0.4 is 16.4 Å². The minimum atomic E-state index is -0.392. The zero-order chi connectivity index (χ0) is 18.0. The number of hydrogen-bond acceptors (Lipinski definition) is 7. The van der Waals surface area contributed by atoms with Crippen LogP contribution in [0.1, 0.15) is 37.9 Å². The predicted molar refractivity (Wildman–Crippen MR) is 106 cm³/mol. The molecule has 0 atom stereocenters. The normalized spacial score (nSPS) is 19.3. The maximum Gasteiger partial charge on any atom is 0.220 e. The van der Waals surface area contributed by atoms with E-state index in [1.165, 1.54) is 11.3 Å². The topological polar surface area (TPSA) is 93.1 Å². The SMILES string of the molecule is NC1=NC2(CCCCC2)N(c2ccc(SCc3ccco3)cc2)C(N)=N1. The Morgan fingerprint density at radius 3 is 2.54 bits per heavy atom. The molecule has 1 aromatic carbocycles. The predicted octanol–water partition coefficient (Wildman–Crippen LogP) is 3.68. The lowest BCUT2D eigenvalue weighted by Gasteiger charge is -2.45. The van der Waals surface area contributed by atoms with E-state index in [2.05, 4.69) is 34.2 Å². The van der Waals surface area contributed by atoms with Gasteiger partial charge in [0.1, 0.15) is 11.4 Å².